The van der Waals surface area contributed by atoms with E-state index in [2.05, 4.69) is 53.9 Å². The van der Waals surface area contributed by atoms with Crippen LogP contribution in [0.3, 0.4) is 0 Å². The molecular weight excluding hydrogens is 376 g/mol. The predicted molar refractivity (Wildman–Crippen MR) is 69.4 cm³/mol. The third-order valence-corrected chi connectivity index (χ3v) is 6.01. The molecule has 1 aliphatic carbocycles. The van der Waals surface area contributed by atoms with Gasteiger partial charge < -0.3 is 4.74 Å². The molecule has 0 aliphatic heterocycles. The Kier molecular flexibility index (Phi) is 3.05. The molecule has 0 amide bonds. The van der Waals surface area contributed by atoms with E-state index < -0.39 is 0 Å². The van der Waals surface area contributed by atoms with Gasteiger partial charge in [0.25, 0.3) is 0 Å². The second kappa shape index (κ2) is 3.99. The summed E-state index contributed by atoms with van der Waals surface area (Å²) < 4.78 is 7.40. The summed E-state index contributed by atoms with van der Waals surface area (Å²) in [6, 6.07) is 6.07. The Balaban J connectivity index is 2.57. The van der Waals surface area contributed by atoms with Gasteiger partial charge in [0.05, 0.1) is 11.9 Å². The van der Waals surface area contributed by atoms with Gasteiger partial charge in [-0.2, -0.15) is 0 Å². The van der Waals surface area contributed by atoms with Crippen molar-refractivity contribution in [2.24, 2.45) is 0 Å². The standard InChI is InChI=1S/C10H7Br3O/c1-14-5-2-3-6-7(4-5)9(12)10(13)8(6)11/h2-4,8H,1H3. The number of hydrogen-bond donors (Lipinski definition) is 0. The van der Waals surface area contributed by atoms with E-state index in [-0.39, 0.29) is 4.83 Å². The molecule has 0 saturated carbocycles. The van der Waals surface area contributed by atoms with E-state index in [1.807, 2.05) is 12.1 Å². The van der Waals surface area contributed by atoms with Crippen LogP contribution in [0.25, 0.3) is 4.48 Å². The molecule has 4 heteroatoms. The number of rotatable bonds is 1. The number of halogens is 3. The van der Waals surface area contributed by atoms with E-state index >= 15 is 0 Å². The molecule has 1 unspecified atom stereocenters. The monoisotopic (exact) mass is 380 g/mol. The average Bonchev–Trinajstić information content (AvgIpc) is 2.44. The Morgan fingerprint density at radius 1 is 1.29 bits per heavy atom. The summed E-state index contributed by atoms with van der Waals surface area (Å²) in [6.45, 7) is 0. The fraction of sp³-hybridized carbons (Fsp3) is 0.200. The van der Waals surface area contributed by atoms with E-state index in [1.54, 1.807) is 7.11 Å². The molecule has 0 radical (unpaired) electrons. The first-order valence-electron chi connectivity index (χ1n) is 4.02. The maximum atomic E-state index is 5.18. The molecule has 0 aromatic heterocycles. The Bertz CT molecular complexity index is 412. The minimum atomic E-state index is 0.248. The van der Waals surface area contributed by atoms with Gasteiger partial charge in [-0.05, 0) is 39.2 Å². The lowest BCUT2D eigenvalue weighted by Gasteiger charge is -2.06. The molecular formula is C10H7Br3O. The number of ether oxygens (including phenoxy) is 1. The van der Waals surface area contributed by atoms with Crippen LogP contribution in [0.2, 0.25) is 0 Å². The molecule has 14 heavy (non-hydrogen) atoms. The first-order chi connectivity index (χ1) is 6.65. The third kappa shape index (κ3) is 1.57. The maximum Gasteiger partial charge on any atom is 0.119 e. The zero-order chi connectivity index (χ0) is 10.3. The minimum Gasteiger partial charge on any atom is -0.497 e. The zero-order valence-electron chi connectivity index (χ0n) is 7.35. The van der Waals surface area contributed by atoms with Crippen molar-refractivity contribution in [3.63, 3.8) is 0 Å². The van der Waals surface area contributed by atoms with Gasteiger partial charge in [0.1, 0.15) is 5.75 Å². The van der Waals surface area contributed by atoms with Crippen molar-refractivity contribution in [3.8, 4) is 5.75 Å². The quantitative estimate of drug-likeness (QED) is 0.645. The predicted octanol–water partition coefficient (Wildman–Crippen LogP) is 4.60. The lowest BCUT2D eigenvalue weighted by atomic mass is 10.1. The molecule has 1 aliphatic rings. The highest BCUT2D eigenvalue weighted by Crippen LogP contribution is 2.51. The van der Waals surface area contributed by atoms with Crippen LogP contribution < -0.4 is 4.74 Å². The lowest BCUT2D eigenvalue weighted by molar-refractivity contribution is 0.414. The van der Waals surface area contributed by atoms with Gasteiger partial charge in [0, 0.05) is 8.96 Å². The van der Waals surface area contributed by atoms with Crippen molar-refractivity contribution >= 4 is 52.3 Å². The highest BCUT2D eigenvalue weighted by molar-refractivity contribution is 9.17. The van der Waals surface area contributed by atoms with Crippen molar-refractivity contribution in [2.75, 3.05) is 7.11 Å². The van der Waals surface area contributed by atoms with Crippen LogP contribution in [0.5, 0.6) is 5.75 Å². The SMILES string of the molecule is COc1ccc2c(c1)C(Br)=C(Br)C2Br. The number of benzene rings is 1. The fourth-order valence-corrected chi connectivity index (χ4v) is 3.42. The molecule has 1 nitrogen and oxygen atoms in total. The number of allylic oxidation sites excluding steroid dienone is 1. The molecule has 0 bridgehead atoms. The summed E-state index contributed by atoms with van der Waals surface area (Å²) in [4.78, 5) is 0.248. The molecule has 74 valence electrons. The van der Waals surface area contributed by atoms with Crippen LogP contribution in [0, 0.1) is 0 Å². The largest absolute Gasteiger partial charge is 0.497 e. The van der Waals surface area contributed by atoms with Crippen molar-refractivity contribution < 1.29 is 4.74 Å². The molecule has 1 aromatic rings. The molecule has 0 N–H and O–H groups in total. The Morgan fingerprint density at radius 3 is 2.64 bits per heavy atom. The highest BCUT2D eigenvalue weighted by atomic mass is 79.9. The lowest BCUT2D eigenvalue weighted by Crippen LogP contribution is -1.88. The molecule has 1 atom stereocenters. The smallest absolute Gasteiger partial charge is 0.119 e. The molecule has 0 fully saturated rings. The van der Waals surface area contributed by atoms with Gasteiger partial charge in [-0.15, -0.1) is 0 Å². The van der Waals surface area contributed by atoms with Crippen molar-refractivity contribution in [2.45, 2.75) is 4.83 Å². The van der Waals surface area contributed by atoms with Gasteiger partial charge >= 0.3 is 0 Å². The molecule has 0 spiro atoms. The van der Waals surface area contributed by atoms with Gasteiger partial charge in [0.2, 0.25) is 0 Å². The summed E-state index contributed by atoms with van der Waals surface area (Å²) in [5.74, 6) is 0.877. The third-order valence-electron chi connectivity index (χ3n) is 2.20. The van der Waals surface area contributed by atoms with Crippen LogP contribution in [-0.2, 0) is 0 Å². The van der Waals surface area contributed by atoms with E-state index in [4.69, 9.17) is 4.74 Å². The summed E-state index contributed by atoms with van der Waals surface area (Å²) in [6.07, 6.45) is 0. The molecule has 1 aromatic carbocycles. The normalized spacial score (nSPS) is 19.9. The Morgan fingerprint density at radius 2 is 2.00 bits per heavy atom. The van der Waals surface area contributed by atoms with Crippen molar-refractivity contribution in [3.05, 3.63) is 33.8 Å². The molecule has 2 rings (SSSR count). The molecule has 0 saturated heterocycles. The zero-order valence-corrected chi connectivity index (χ0v) is 12.1. The van der Waals surface area contributed by atoms with E-state index in [1.165, 1.54) is 11.1 Å². The summed E-state index contributed by atoms with van der Waals surface area (Å²) >= 11 is 10.7. The van der Waals surface area contributed by atoms with Gasteiger partial charge in [-0.3, -0.25) is 0 Å². The van der Waals surface area contributed by atoms with E-state index in [0.29, 0.717) is 0 Å². The number of fused-ring (bicyclic) bond motifs is 1. The first kappa shape index (κ1) is 10.7. The Hall–Kier alpha value is 0.200. The average molecular weight is 383 g/mol. The van der Waals surface area contributed by atoms with Crippen LogP contribution in [0.1, 0.15) is 16.0 Å². The topological polar surface area (TPSA) is 9.23 Å². The van der Waals surface area contributed by atoms with Gasteiger partial charge in [-0.25, -0.2) is 0 Å². The fourth-order valence-electron chi connectivity index (χ4n) is 1.45. The Labute approximate surface area is 108 Å². The minimum absolute atomic E-state index is 0.248. The highest BCUT2D eigenvalue weighted by Gasteiger charge is 2.26. The van der Waals surface area contributed by atoms with Gasteiger partial charge in [-0.1, -0.05) is 37.9 Å². The van der Waals surface area contributed by atoms with Gasteiger partial charge in [0.15, 0.2) is 0 Å². The van der Waals surface area contributed by atoms with Crippen LogP contribution in [-0.4, -0.2) is 7.11 Å². The number of hydrogen-bond acceptors (Lipinski definition) is 1. The summed E-state index contributed by atoms with van der Waals surface area (Å²) in [7, 11) is 1.68. The van der Waals surface area contributed by atoms with E-state index in [9.17, 15) is 0 Å². The first-order valence-corrected chi connectivity index (χ1v) is 6.53. The van der Waals surface area contributed by atoms with Crippen molar-refractivity contribution in [1.29, 1.82) is 0 Å². The number of alkyl halides is 1. The van der Waals surface area contributed by atoms with Crippen molar-refractivity contribution in [1.82, 2.24) is 0 Å². The van der Waals surface area contributed by atoms with E-state index in [0.717, 1.165) is 14.7 Å². The summed E-state index contributed by atoms with van der Waals surface area (Å²) in [5.41, 5.74) is 2.43. The number of methoxy groups -OCH3 is 1. The molecule has 0 heterocycles. The van der Waals surface area contributed by atoms with Crippen LogP contribution in [0.15, 0.2) is 22.7 Å². The maximum absolute atomic E-state index is 5.18. The second-order valence-corrected chi connectivity index (χ2v) is 5.54. The van der Waals surface area contributed by atoms with Crippen LogP contribution >= 0.6 is 47.8 Å². The second-order valence-electron chi connectivity index (χ2n) is 2.98. The summed E-state index contributed by atoms with van der Waals surface area (Å²) in [5, 5.41) is 0. The van der Waals surface area contributed by atoms with Crippen LogP contribution in [0.4, 0.5) is 0 Å².